The van der Waals surface area contributed by atoms with Crippen molar-refractivity contribution < 1.29 is 0 Å². The van der Waals surface area contributed by atoms with Gasteiger partial charge in [0.1, 0.15) is 0 Å². The quantitative estimate of drug-likeness (QED) is 0.460. The molecule has 0 bridgehead atoms. The van der Waals surface area contributed by atoms with Gasteiger partial charge < -0.3 is 10.6 Å². The Bertz CT molecular complexity index is 410. The van der Waals surface area contributed by atoms with Crippen LogP contribution in [0.3, 0.4) is 0 Å². The van der Waals surface area contributed by atoms with Crippen molar-refractivity contribution in [3.63, 3.8) is 0 Å². The van der Waals surface area contributed by atoms with Gasteiger partial charge in [-0.05, 0) is 37.8 Å². The molecule has 1 heterocycles. The van der Waals surface area contributed by atoms with Crippen LogP contribution < -0.4 is 10.6 Å². The van der Waals surface area contributed by atoms with Crippen LogP contribution in [0.25, 0.3) is 0 Å². The van der Waals surface area contributed by atoms with Gasteiger partial charge in [-0.2, -0.15) is 0 Å². The lowest BCUT2D eigenvalue weighted by Gasteiger charge is -2.12. The Labute approximate surface area is 128 Å². The van der Waals surface area contributed by atoms with Gasteiger partial charge in [0, 0.05) is 19.3 Å². The number of hydrogen-bond acceptors (Lipinski definition) is 2. The Hall–Kier alpha value is -1.58. The lowest BCUT2D eigenvalue weighted by molar-refractivity contribution is 0.481. The highest BCUT2D eigenvalue weighted by molar-refractivity contribution is 5.79. The zero-order valence-corrected chi connectivity index (χ0v) is 13.1. The summed E-state index contributed by atoms with van der Waals surface area (Å²) in [5.41, 5.74) is 1.00. The van der Waals surface area contributed by atoms with Crippen LogP contribution in [0.5, 0.6) is 0 Å². The Kier molecular flexibility index (Phi) is 7.05. The molecule has 0 amide bonds. The van der Waals surface area contributed by atoms with Crippen molar-refractivity contribution >= 4 is 5.96 Å². The zero-order chi connectivity index (χ0) is 14.8. The van der Waals surface area contributed by atoms with Gasteiger partial charge in [0.15, 0.2) is 5.96 Å². The molecule has 2 N–H and O–H groups in total. The van der Waals surface area contributed by atoms with Crippen LogP contribution in [0.15, 0.2) is 29.4 Å². The number of rotatable bonds is 7. The summed E-state index contributed by atoms with van der Waals surface area (Å²) in [5.74, 6) is 1.87. The van der Waals surface area contributed by atoms with Crippen LogP contribution >= 0.6 is 0 Å². The number of pyridine rings is 1. The minimum Gasteiger partial charge on any atom is -0.357 e. The molecular formula is C17H28N4. The summed E-state index contributed by atoms with van der Waals surface area (Å²) in [6.07, 6.45) is 10.2. The molecule has 0 aliphatic heterocycles. The summed E-state index contributed by atoms with van der Waals surface area (Å²) >= 11 is 0. The molecular weight excluding hydrogens is 260 g/mol. The van der Waals surface area contributed by atoms with E-state index in [0.717, 1.165) is 30.7 Å². The van der Waals surface area contributed by atoms with Crippen LogP contribution in [-0.2, 0) is 6.54 Å². The topological polar surface area (TPSA) is 49.3 Å². The second-order valence-corrected chi connectivity index (χ2v) is 5.74. The summed E-state index contributed by atoms with van der Waals surface area (Å²) in [6, 6.07) is 5.94. The largest absolute Gasteiger partial charge is 0.357 e. The summed E-state index contributed by atoms with van der Waals surface area (Å²) in [5, 5.41) is 6.72. The second kappa shape index (κ2) is 9.37. The first-order valence-electron chi connectivity index (χ1n) is 8.30. The SMILES string of the molecule is CCNC(=NCc1ccccn1)NCCCC1CCCC1. The Morgan fingerprint density at radius 1 is 1.29 bits per heavy atom. The fourth-order valence-electron chi connectivity index (χ4n) is 2.89. The monoisotopic (exact) mass is 288 g/mol. The van der Waals surface area contributed by atoms with Gasteiger partial charge in [0.25, 0.3) is 0 Å². The van der Waals surface area contributed by atoms with Crippen molar-refractivity contribution in [1.82, 2.24) is 15.6 Å². The van der Waals surface area contributed by atoms with Crippen LogP contribution in [0.2, 0.25) is 0 Å². The van der Waals surface area contributed by atoms with Crippen LogP contribution in [0.1, 0.15) is 51.1 Å². The van der Waals surface area contributed by atoms with Gasteiger partial charge in [-0.25, -0.2) is 4.99 Å². The maximum Gasteiger partial charge on any atom is 0.191 e. The molecule has 1 aliphatic carbocycles. The number of nitrogens with one attached hydrogen (secondary N) is 2. The molecule has 2 rings (SSSR count). The average molecular weight is 288 g/mol. The maximum atomic E-state index is 4.58. The molecule has 4 nitrogen and oxygen atoms in total. The summed E-state index contributed by atoms with van der Waals surface area (Å²) in [7, 11) is 0. The lowest BCUT2D eigenvalue weighted by Crippen LogP contribution is -2.37. The Balaban J connectivity index is 1.70. The highest BCUT2D eigenvalue weighted by Gasteiger charge is 2.13. The molecule has 1 fully saturated rings. The number of aromatic nitrogens is 1. The molecule has 1 aromatic rings. The van der Waals surface area contributed by atoms with Crippen molar-refractivity contribution in [2.75, 3.05) is 13.1 Å². The van der Waals surface area contributed by atoms with Gasteiger partial charge in [0.2, 0.25) is 0 Å². The van der Waals surface area contributed by atoms with Crippen LogP contribution in [0.4, 0.5) is 0 Å². The van der Waals surface area contributed by atoms with E-state index in [1.807, 2.05) is 24.4 Å². The molecule has 1 aliphatic rings. The van der Waals surface area contributed by atoms with Crippen molar-refractivity contribution in [2.45, 2.75) is 52.0 Å². The maximum absolute atomic E-state index is 4.58. The van der Waals surface area contributed by atoms with E-state index in [-0.39, 0.29) is 0 Å². The van der Waals surface area contributed by atoms with Crippen molar-refractivity contribution in [3.05, 3.63) is 30.1 Å². The standard InChI is InChI=1S/C17H28N4/c1-2-18-17(21-14-16-11-5-6-12-19-16)20-13-7-10-15-8-3-4-9-15/h5-6,11-12,15H,2-4,7-10,13-14H2,1H3,(H2,18,20,21). The van der Waals surface area contributed by atoms with E-state index in [1.165, 1.54) is 38.5 Å². The first-order chi connectivity index (χ1) is 10.4. The van der Waals surface area contributed by atoms with E-state index in [2.05, 4.69) is 27.5 Å². The summed E-state index contributed by atoms with van der Waals surface area (Å²) in [6.45, 7) is 4.61. The lowest BCUT2D eigenvalue weighted by atomic mass is 10.0. The fourth-order valence-corrected chi connectivity index (χ4v) is 2.89. The van der Waals surface area contributed by atoms with Gasteiger partial charge in [-0.15, -0.1) is 0 Å². The zero-order valence-electron chi connectivity index (χ0n) is 13.1. The van der Waals surface area contributed by atoms with E-state index >= 15 is 0 Å². The predicted octanol–water partition coefficient (Wildman–Crippen LogP) is 3.11. The average Bonchev–Trinajstić information content (AvgIpc) is 3.03. The molecule has 0 radical (unpaired) electrons. The first-order valence-corrected chi connectivity index (χ1v) is 8.30. The predicted molar refractivity (Wildman–Crippen MR) is 88.2 cm³/mol. The van der Waals surface area contributed by atoms with E-state index in [0.29, 0.717) is 6.54 Å². The molecule has 21 heavy (non-hydrogen) atoms. The molecule has 1 saturated carbocycles. The highest BCUT2D eigenvalue weighted by atomic mass is 15.2. The van der Waals surface area contributed by atoms with Gasteiger partial charge in [-0.3, -0.25) is 4.98 Å². The van der Waals surface area contributed by atoms with E-state index in [4.69, 9.17) is 0 Å². The Morgan fingerprint density at radius 2 is 2.14 bits per heavy atom. The Morgan fingerprint density at radius 3 is 2.86 bits per heavy atom. The summed E-state index contributed by atoms with van der Waals surface area (Å²) < 4.78 is 0. The smallest absolute Gasteiger partial charge is 0.191 e. The minimum absolute atomic E-state index is 0.624. The highest BCUT2D eigenvalue weighted by Crippen LogP contribution is 2.28. The fraction of sp³-hybridized carbons (Fsp3) is 0.647. The third-order valence-electron chi connectivity index (χ3n) is 4.03. The summed E-state index contributed by atoms with van der Waals surface area (Å²) in [4.78, 5) is 8.88. The van der Waals surface area contributed by atoms with E-state index in [9.17, 15) is 0 Å². The molecule has 0 aromatic carbocycles. The van der Waals surface area contributed by atoms with Crippen molar-refractivity contribution in [3.8, 4) is 0 Å². The second-order valence-electron chi connectivity index (χ2n) is 5.74. The molecule has 1 aromatic heterocycles. The van der Waals surface area contributed by atoms with Crippen LogP contribution in [0, 0.1) is 5.92 Å². The van der Waals surface area contributed by atoms with Gasteiger partial charge >= 0.3 is 0 Å². The number of nitrogens with zero attached hydrogens (tertiary/aromatic N) is 2. The molecule has 4 heteroatoms. The van der Waals surface area contributed by atoms with E-state index in [1.54, 1.807) is 0 Å². The molecule has 0 saturated heterocycles. The minimum atomic E-state index is 0.624. The first kappa shape index (κ1) is 15.8. The number of aliphatic imine (C=N–C) groups is 1. The third-order valence-corrected chi connectivity index (χ3v) is 4.03. The third kappa shape index (κ3) is 6.15. The molecule has 0 atom stereocenters. The van der Waals surface area contributed by atoms with Gasteiger partial charge in [-0.1, -0.05) is 31.7 Å². The molecule has 0 spiro atoms. The van der Waals surface area contributed by atoms with Gasteiger partial charge in [0.05, 0.1) is 12.2 Å². The van der Waals surface area contributed by atoms with Crippen LogP contribution in [-0.4, -0.2) is 24.0 Å². The molecule has 0 unspecified atom stereocenters. The van der Waals surface area contributed by atoms with Crippen molar-refractivity contribution in [2.24, 2.45) is 10.9 Å². The molecule has 116 valence electrons. The van der Waals surface area contributed by atoms with Crippen molar-refractivity contribution in [1.29, 1.82) is 0 Å². The number of hydrogen-bond donors (Lipinski definition) is 2. The normalized spacial score (nSPS) is 16.1. The van der Waals surface area contributed by atoms with E-state index < -0.39 is 0 Å². The number of guanidine groups is 1.